The van der Waals surface area contributed by atoms with Gasteiger partial charge < -0.3 is 48.5 Å². The topological polar surface area (TPSA) is 236 Å². The first-order valence-corrected chi connectivity index (χ1v) is 52.8. The second-order valence-electron chi connectivity index (χ2n) is 48.2. The number of hydrogen-bond acceptors (Lipinski definition) is 16. The van der Waals surface area contributed by atoms with Crippen molar-refractivity contribution in [2.45, 2.75) is 491 Å². The van der Waals surface area contributed by atoms with Crippen LogP contribution in [-0.4, -0.2) is 109 Å². The van der Waals surface area contributed by atoms with E-state index in [1.807, 2.05) is 130 Å². The molecule has 16 aliphatic carbocycles. The van der Waals surface area contributed by atoms with Gasteiger partial charge in [0.15, 0.2) is 5.60 Å². The van der Waals surface area contributed by atoms with E-state index < -0.39 is 50.2 Å². The lowest BCUT2D eigenvalue weighted by atomic mass is 9.73. The van der Waals surface area contributed by atoms with E-state index in [1.54, 1.807) is 0 Å². The van der Waals surface area contributed by atoms with Crippen LogP contribution in [-0.2, 0) is 62.0 Å². The summed E-state index contributed by atoms with van der Waals surface area (Å²) in [6, 6.07) is 0. The Labute approximate surface area is 781 Å². The lowest BCUT2D eigenvalue weighted by molar-refractivity contribution is -0.177. The van der Waals surface area contributed by atoms with Crippen molar-refractivity contribution in [2.24, 2.45) is 104 Å². The average Bonchev–Trinajstić information content (AvgIpc) is 1.65. The summed E-state index contributed by atoms with van der Waals surface area (Å²) in [6.07, 6.45) is 61.0. The summed E-state index contributed by atoms with van der Waals surface area (Å²) in [7, 11) is 0. The van der Waals surface area contributed by atoms with E-state index in [9.17, 15) is 48.9 Å². The predicted molar refractivity (Wildman–Crippen MR) is 514 cm³/mol. The van der Waals surface area contributed by atoms with E-state index in [-0.39, 0.29) is 69.6 Å². The van der Waals surface area contributed by atoms with Gasteiger partial charge >= 0.3 is 35.8 Å². The normalized spacial score (nSPS) is 36.4. The summed E-state index contributed by atoms with van der Waals surface area (Å²) in [6.45, 7) is 45.9. The largest absolute Gasteiger partial charge is 0.454 e. The number of carbonyl (C=O) groups is 7. The number of aliphatic hydroxyl groups is 3. The van der Waals surface area contributed by atoms with Crippen molar-refractivity contribution in [3.8, 4) is 0 Å². The number of allylic oxidation sites excluding steroid dienone is 4. The monoisotopic (exact) mass is 1790 g/mol. The molecular weight excluding hydrogens is 1610 g/mol. The maximum atomic E-state index is 12.9. The van der Waals surface area contributed by atoms with Crippen LogP contribution in [0, 0.1) is 104 Å². The van der Waals surface area contributed by atoms with E-state index in [0.29, 0.717) is 66.1 Å². The van der Waals surface area contributed by atoms with Crippen molar-refractivity contribution in [3.63, 3.8) is 0 Å². The summed E-state index contributed by atoms with van der Waals surface area (Å²) < 4.78 is 36.9. The zero-order valence-electron chi connectivity index (χ0n) is 84.6. The first kappa shape index (κ1) is 104. The molecule has 16 aliphatic rings. The van der Waals surface area contributed by atoms with Crippen LogP contribution in [0.15, 0.2) is 71.4 Å². The molecule has 0 heterocycles. The Morgan fingerprint density at radius 2 is 0.884 bits per heavy atom. The zero-order chi connectivity index (χ0) is 94.4. The fraction of sp³-hybridized carbons (Fsp3) is 0.832. The van der Waals surface area contributed by atoms with Gasteiger partial charge in [0.05, 0.1) is 44.2 Å². The predicted octanol–water partition coefficient (Wildman–Crippen LogP) is 26.3. The molecule has 2 bridgehead atoms. The molecule has 13 saturated carbocycles. The van der Waals surface area contributed by atoms with E-state index in [2.05, 4.69) is 45.2 Å². The number of aliphatic hydroxyl groups excluding tert-OH is 2. The number of aldehydes is 1. The molecule has 18 atom stereocenters. The Hall–Kier alpha value is -5.19. The highest BCUT2D eigenvalue weighted by atomic mass is 16.6. The molecular formula is C113H180O16. The zero-order valence-corrected chi connectivity index (χ0v) is 84.6. The maximum Gasteiger partial charge on any atom is 0.312 e. The first-order chi connectivity index (χ1) is 60.8. The number of carbonyl (C=O) groups excluding carboxylic acids is 7. The van der Waals surface area contributed by atoms with Crippen molar-refractivity contribution in [1.82, 2.24) is 0 Å². The van der Waals surface area contributed by atoms with Crippen molar-refractivity contribution in [2.75, 3.05) is 0 Å². The molecule has 16 rings (SSSR count). The summed E-state index contributed by atoms with van der Waals surface area (Å²) in [5.74, 6) is 5.83. The highest BCUT2D eigenvalue weighted by Crippen LogP contribution is 2.63. The van der Waals surface area contributed by atoms with Crippen molar-refractivity contribution < 1.29 is 77.3 Å². The molecule has 0 aliphatic heterocycles. The SMILES string of the molecule is C=CC1(OC(=O)C(C)(C)CC)CC2CCCC2C1.C=CC1(OC(=O)C(C)(C)CC)CCC2CCCC21.CCC(C)(C)C(=O)OC1(C2=C(C)CCC2)CC2CCCC2C1O.CCC(C)(C)C(=O)OC1(C2=CCCCC2)CC2(O)CCC1C2.CCC(C)(C)C(=O)OC1(C2=CCCCC2)CCC2C(O)CCC21.CCC(C)(C)C(=O)OC1(C=C2CCCC2)CC2CC(CC=O)CC2C1. The van der Waals surface area contributed by atoms with E-state index in [4.69, 9.17) is 28.4 Å². The minimum Gasteiger partial charge on any atom is -0.454 e. The molecule has 129 heavy (non-hydrogen) atoms. The second kappa shape index (κ2) is 42.2. The maximum absolute atomic E-state index is 12.9. The number of rotatable bonds is 26. The van der Waals surface area contributed by atoms with Gasteiger partial charge in [-0.2, -0.15) is 0 Å². The number of hydrogen-bond donors (Lipinski definition) is 3. The highest BCUT2D eigenvalue weighted by molar-refractivity contribution is 5.80. The Morgan fingerprint density at radius 3 is 1.35 bits per heavy atom. The van der Waals surface area contributed by atoms with E-state index in [1.165, 1.54) is 137 Å². The lowest BCUT2D eigenvalue weighted by Gasteiger charge is -2.43. The molecule has 0 spiro atoms. The smallest absolute Gasteiger partial charge is 0.312 e. The van der Waals surface area contributed by atoms with Crippen molar-refractivity contribution in [1.29, 1.82) is 0 Å². The summed E-state index contributed by atoms with van der Waals surface area (Å²) in [5.41, 5.74) is 0.737. The van der Waals surface area contributed by atoms with Crippen LogP contribution in [0.25, 0.3) is 0 Å². The van der Waals surface area contributed by atoms with Gasteiger partial charge in [-0.05, 0) is 435 Å². The number of esters is 6. The van der Waals surface area contributed by atoms with Gasteiger partial charge in [0, 0.05) is 30.6 Å². The lowest BCUT2D eigenvalue weighted by Crippen LogP contribution is -2.48. The Bertz CT molecular complexity index is 4010. The average molecular weight is 1790 g/mol. The van der Waals surface area contributed by atoms with E-state index >= 15 is 0 Å². The fourth-order valence-electron chi connectivity index (χ4n) is 26.4. The molecule has 728 valence electrons. The summed E-state index contributed by atoms with van der Waals surface area (Å²) in [5, 5.41) is 32.2. The molecule has 16 nitrogen and oxygen atoms in total. The van der Waals surface area contributed by atoms with Crippen LogP contribution in [0.3, 0.4) is 0 Å². The molecule has 13 fully saturated rings. The van der Waals surface area contributed by atoms with Gasteiger partial charge in [-0.3, -0.25) is 28.8 Å². The van der Waals surface area contributed by atoms with Gasteiger partial charge in [0.2, 0.25) is 0 Å². The Morgan fingerprint density at radius 1 is 0.419 bits per heavy atom. The molecule has 0 saturated heterocycles. The fourth-order valence-corrected chi connectivity index (χ4v) is 26.4. The first-order valence-electron chi connectivity index (χ1n) is 52.8. The van der Waals surface area contributed by atoms with Crippen LogP contribution in [0.4, 0.5) is 0 Å². The summed E-state index contributed by atoms with van der Waals surface area (Å²) in [4.78, 5) is 86.7. The minimum atomic E-state index is -0.736. The van der Waals surface area contributed by atoms with Crippen molar-refractivity contribution >= 4 is 42.1 Å². The molecule has 0 aromatic carbocycles. The molecule has 0 radical (unpaired) electrons. The minimum absolute atomic E-state index is 0.0470. The van der Waals surface area contributed by atoms with E-state index in [0.717, 1.165) is 210 Å². The third kappa shape index (κ3) is 22.7. The molecule has 0 amide bonds. The van der Waals surface area contributed by atoms with Crippen LogP contribution >= 0.6 is 0 Å². The quantitative estimate of drug-likeness (QED) is 0.0316. The summed E-state index contributed by atoms with van der Waals surface area (Å²) >= 11 is 0. The van der Waals surface area contributed by atoms with Crippen LogP contribution in [0.5, 0.6) is 0 Å². The van der Waals surface area contributed by atoms with Crippen LogP contribution < -0.4 is 0 Å². The number of fused-ring (bicyclic) bond motifs is 7. The number of ether oxygens (including phenoxy) is 6. The Kier molecular flexibility index (Phi) is 34.1. The van der Waals surface area contributed by atoms with Crippen LogP contribution in [0.2, 0.25) is 0 Å². The van der Waals surface area contributed by atoms with Gasteiger partial charge in [0.1, 0.15) is 40.4 Å². The van der Waals surface area contributed by atoms with Gasteiger partial charge in [0.25, 0.3) is 0 Å². The third-order valence-electron chi connectivity index (χ3n) is 37.5. The van der Waals surface area contributed by atoms with Crippen LogP contribution in [0.1, 0.15) is 440 Å². The molecule has 0 aromatic rings. The van der Waals surface area contributed by atoms with Gasteiger partial charge in [-0.15, -0.1) is 0 Å². The molecule has 0 aromatic heterocycles. The molecule has 16 heteroatoms. The van der Waals surface area contributed by atoms with Gasteiger partial charge in [-0.1, -0.05) is 117 Å². The highest BCUT2D eigenvalue weighted by Gasteiger charge is 2.65. The third-order valence-corrected chi connectivity index (χ3v) is 37.5. The second-order valence-corrected chi connectivity index (χ2v) is 48.2. The molecule has 18 unspecified atom stereocenters. The Balaban J connectivity index is 0.000000150. The standard InChI is InChI=1S/C22H34O3.2C20H32O3.C19H30O3.2C16H26O2/c1-4-21(2,3)20(24)25-22(13-16-7-5-6-8-16)14-18-11-17(9-10-23)12-19(18)15-22;1-5-19(3,4)18(22)23-20(16-11-6-8-13(16)2)12-14-9-7-10-15(14)17(20)21;1-4-19(2,3)18(22)23-20(14-8-6-5-7-9-14)13-12-15-16(20)10-11-17(15)21;1-4-17(2,3)16(20)22-19(14-8-6-5-7-9-14)13-18(21)11-10-15(19)12-18;1-5-15(3,4)14(17)18-16(6-2)10-12-8-7-9-13(12)11-16;1-5-15(3,4)14(17)18-16(6-2)11-10-12-8-7-9-13(12)16/h10,13,17-19H,4-9,11-12,14-15H2,1-3H3;14-15,17,21H,5-12H2,1-4H3;8,15-17,21H,4-7,9-13H2,1-3H3;8,15,21H,4-7,9-13H2,1-3H3;2*6,12-13H,2,5,7-11H2,1,3-4H3. The van der Waals surface area contributed by atoms with Crippen molar-refractivity contribution in [3.05, 3.63) is 71.4 Å². The van der Waals surface area contributed by atoms with Gasteiger partial charge in [-0.25, -0.2) is 0 Å². The molecule has 3 N–H and O–H groups in total.